The lowest BCUT2D eigenvalue weighted by Crippen LogP contribution is -2.31. The first kappa shape index (κ1) is 12.5. The Morgan fingerprint density at radius 1 is 1.22 bits per heavy atom. The number of hydrazine groups is 1. The summed E-state index contributed by atoms with van der Waals surface area (Å²) in [6.45, 7) is 1.16. The number of fused-ring (bicyclic) bond motifs is 1. The molecule has 2 rings (SSSR count). The van der Waals surface area contributed by atoms with E-state index in [1.54, 1.807) is 7.11 Å². The fourth-order valence-corrected chi connectivity index (χ4v) is 1.89. The van der Waals surface area contributed by atoms with Crippen LogP contribution in [0.2, 0.25) is 0 Å². The van der Waals surface area contributed by atoms with E-state index in [-0.39, 0.29) is 0 Å². The molecule has 0 saturated carbocycles. The number of ether oxygens (including phenoxy) is 1. The highest BCUT2D eigenvalue weighted by Crippen LogP contribution is 2.18. The quantitative estimate of drug-likeness (QED) is 0.282. The van der Waals surface area contributed by atoms with Crippen molar-refractivity contribution in [3.63, 3.8) is 0 Å². The monoisotopic (exact) mass is 243 g/mol. The summed E-state index contributed by atoms with van der Waals surface area (Å²) in [4.78, 5) is 4.41. The molecule has 0 aliphatic heterocycles. The zero-order chi connectivity index (χ0) is 12.8. The fourth-order valence-electron chi connectivity index (χ4n) is 1.89. The second-order valence-electron chi connectivity index (χ2n) is 3.89. The van der Waals surface area contributed by atoms with Gasteiger partial charge in [-0.05, 0) is 10.8 Å². The molecule has 0 fully saturated rings. The molecule has 0 amide bonds. The van der Waals surface area contributed by atoms with Crippen molar-refractivity contribution in [3.05, 3.63) is 48.0 Å². The van der Waals surface area contributed by atoms with Crippen molar-refractivity contribution in [2.24, 2.45) is 10.8 Å². The molecule has 0 aliphatic carbocycles. The SMILES string of the molecule is COCCN=C(NN)c1cccc2ccccc12. The van der Waals surface area contributed by atoms with E-state index in [9.17, 15) is 0 Å². The molecule has 0 spiro atoms. The molecular weight excluding hydrogens is 226 g/mol. The predicted octanol–water partition coefficient (Wildman–Crippen LogP) is 1.70. The molecule has 0 radical (unpaired) electrons. The van der Waals surface area contributed by atoms with Crippen molar-refractivity contribution in [1.82, 2.24) is 5.43 Å². The van der Waals surface area contributed by atoms with Crippen molar-refractivity contribution in [1.29, 1.82) is 0 Å². The molecule has 2 aromatic rings. The number of rotatable bonds is 4. The van der Waals surface area contributed by atoms with Gasteiger partial charge in [-0.25, -0.2) is 5.84 Å². The predicted molar refractivity (Wildman–Crippen MR) is 74.6 cm³/mol. The Morgan fingerprint density at radius 2 is 2.00 bits per heavy atom. The number of nitrogens with zero attached hydrogens (tertiary/aromatic N) is 1. The summed E-state index contributed by atoms with van der Waals surface area (Å²) in [5.41, 5.74) is 3.67. The van der Waals surface area contributed by atoms with Gasteiger partial charge in [0.05, 0.1) is 13.2 Å². The van der Waals surface area contributed by atoms with Crippen LogP contribution in [0.15, 0.2) is 47.5 Å². The molecular formula is C14H17N3O. The average molecular weight is 243 g/mol. The molecule has 3 N–H and O–H groups in total. The highest BCUT2D eigenvalue weighted by atomic mass is 16.5. The third-order valence-corrected chi connectivity index (χ3v) is 2.75. The largest absolute Gasteiger partial charge is 0.383 e. The van der Waals surface area contributed by atoms with Gasteiger partial charge in [-0.1, -0.05) is 42.5 Å². The van der Waals surface area contributed by atoms with Gasteiger partial charge < -0.3 is 10.2 Å². The first-order valence-electron chi connectivity index (χ1n) is 5.85. The molecule has 0 heterocycles. The van der Waals surface area contributed by atoms with Crippen LogP contribution in [0.4, 0.5) is 0 Å². The number of amidine groups is 1. The van der Waals surface area contributed by atoms with Gasteiger partial charge in [0, 0.05) is 12.7 Å². The lowest BCUT2D eigenvalue weighted by Gasteiger charge is -2.09. The molecule has 0 unspecified atom stereocenters. The number of hydrogen-bond donors (Lipinski definition) is 2. The van der Waals surface area contributed by atoms with Gasteiger partial charge in [0.1, 0.15) is 5.84 Å². The molecule has 18 heavy (non-hydrogen) atoms. The van der Waals surface area contributed by atoms with Crippen molar-refractivity contribution in [2.75, 3.05) is 20.3 Å². The van der Waals surface area contributed by atoms with Gasteiger partial charge in [0.25, 0.3) is 0 Å². The van der Waals surface area contributed by atoms with Crippen LogP contribution in [0.3, 0.4) is 0 Å². The molecule has 0 atom stereocenters. The van der Waals surface area contributed by atoms with Crippen LogP contribution in [-0.4, -0.2) is 26.1 Å². The van der Waals surface area contributed by atoms with Crippen molar-refractivity contribution in [3.8, 4) is 0 Å². The van der Waals surface area contributed by atoms with E-state index in [2.05, 4.69) is 28.6 Å². The minimum Gasteiger partial charge on any atom is -0.383 e. The van der Waals surface area contributed by atoms with Gasteiger partial charge in [-0.15, -0.1) is 0 Å². The third kappa shape index (κ3) is 2.67. The number of methoxy groups -OCH3 is 1. The summed E-state index contributed by atoms with van der Waals surface area (Å²) >= 11 is 0. The van der Waals surface area contributed by atoms with E-state index in [1.165, 1.54) is 5.39 Å². The Hall–Kier alpha value is -1.91. The minimum absolute atomic E-state index is 0.579. The summed E-state index contributed by atoms with van der Waals surface area (Å²) in [5.74, 6) is 6.24. The maximum Gasteiger partial charge on any atom is 0.143 e. The van der Waals surface area contributed by atoms with E-state index in [0.29, 0.717) is 19.0 Å². The highest BCUT2D eigenvalue weighted by molar-refractivity contribution is 6.09. The van der Waals surface area contributed by atoms with E-state index in [0.717, 1.165) is 10.9 Å². The Labute approximate surface area is 106 Å². The minimum atomic E-state index is 0.579. The summed E-state index contributed by atoms with van der Waals surface area (Å²) in [7, 11) is 1.66. The number of hydrogen-bond acceptors (Lipinski definition) is 3. The van der Waals surface area contributed by atoms with E-state index < -0.39 is 0 Å². The van der Waals surface area contributed by atoms with Crippen LogP contribution in [-0.2, 0) is 4.74 Å². The number of benzene rings is 2. The zero-order valence-corrected chi connectivity index (χ0v) is 10.4. The Morgan fingerprint density at radius 3 is 2.78 bits per heavy atom. The fraction of sp³-hybridized carbons (Fsp3) is 0.214. The smallest absolute Gasteiger partial charge is 0.143 e. The van der Waals surface area contributed by atoms with Crippen molar-refractivity contribution < 1.29 is 4.74 Å². The Bertz CT molecular complexity index is 546. The lowest BCUT2D eigenvalue weighted by atomic mass is 10.0. The number of nitrogens with one attached hydrogen (secondary N) is 1. The Balaban J connectivity index is 2.42. The normalized spacial score (nSPS) is 11.8. The molecule has 0 aliphatic rings. The van der Waals surface area contributed by atoms with Gasteiger partial charge in [0.2, 0.25) is 0 Å². The van der Waals surface area contributed by atoms with E-state index in [4.69, 9.17) is 10.6 Å². The van der Waals surface area contributed by atoms with Gasteiger partial charge in [-0.3, -0.25) is 4.99 Å². The van der Waals surface area contributed by atoms with Crippen LogP contribution < -0.4 is 11.3 Å². The second kappa shape index (κ2) is 6.14. The molecule has 0 aromatic heterocycles. The molecule has 94 valence electrons. The van der Waals surface area contributed by atoms with Crippen molar-refractivity contribution >= 4 is 16.6 Å². The zero-order valence-electron chi connectivity index (χ0n) is 10.4. The molecule has 4 heteroatoms. The van der Waals surface area contributed by atoms with Crippen LogP contribution in [0.25, 0.3) is 10.8 Å². The van der Waals surface area contributed by atoms with Crippen LogP contribution in [0, 0.1) is 0 Å². The standard InChI is InChI=1S/C14H17N3O/c1-18-10-9-16-14(17-15)13-8-4-6-11-5-2-3-7-12(11)13/h2-8H,9-10,15H2,1H3,(H,16,17). The maximum atomic E-state index is 5.56. The molecule has 0 saturated heterocycles. The highest BCUT2D eigenvalue weighted by Gasteiger charge is 2.05. The topological polar surface area (TPSA) is 59.6 Å². The molecule has 0 bridgehead atoms. The summed E-state index contributed by atoms with van der Waals surface area (Å²) in [6.07, 6.45) is 0. The van der Waals surface area contributed by atoms with Gasteiger partial charge >= 0.3 is 0 Å². The lowest BCUT2D eigenvalue weighted by molar-refractivity contribution is 0.208. The van der Waals surface area contributed by atoms with Crippen LogP contribution >= 0.6 is 0 Å². The first-order valence-corrected chi connectivity index (χ1v) is 5.85. The van der Waals surface area contributed by atoms with E-state index in [1.807, 2.05) is 24.3 Å². The maximum absolute atomic E-state index is 5.56. The van der Waals surface area contributed by atoms with Gasteiger partial charge in [-0.2, -0.15) is 0 Å². The third-order valence-electron chi connectivity index (χ3n) is 2.75. The average Bonchev–Trinajstić information content (AvgIpc) is 2.43. The number of aliphatic imine (C=N–C) groups is 1. The molecule has 4 nitrogen and oxygen atoms in total. The Kier molecular flexibility index (Phi) is 4.28. The summed E-state index contributed by atoms with van der Waals surface area (Å²) < 4.78 is 4.98. The van der Waals surface area contributed by atoms with E-state index >= 15 is 0 Å². The number of nitrogens with two attached hydrogens (primary N) is 1. The first-order chi connectivity index (χ1) is 8.86. The second-order valence-corrected chi connectivity index (χ2v) is 3.89. The van der Waals surface area contributed by atoms with Gasteiger partial charge in [0.15, 0.2) is 0 Å². The molecule has 2 aromatic carbocycles. The van der Waals surface area contributed by atoms with Crippen LogP contribution in [0.1, 0.15) is 5.56 Å². The summed E-state index contributed by atoms with van der Waals surface area (Å²) in [5, 5.41) is 2.30. The van der Waals surface area contributed by atoms with Crippen LogP contribution in [0.5, 0.6) is 0 Å². The summed E-state index contributed by atoms with van der Waals surface area (Å²) in [6, 6.07) is 14.2. The van der Waals surface area contributed by atoms with Crippen molar-refractivity contribution in [2.45, 2.75) is 0 Å².